The maximum absolute atomic E-state index is 8.50. The maximum atomic E-state index is 8.50. The van der Waals surface area contributed by atoms with Gasteiger partial charge in [-0.25, -0.2) is 0 Å². The van der Waals surface area contributed by atoms with Crippen molar-refractivity contribution in [1.82, 2.24) is 0 Å². The zero-order chi connectivity index (χ0) is 8.81. The molecule has 0 saturated heterocycles. The van der Waals surface area contributed by atoms with E-state index in [1.165, 1.54) is 0 Å². The second-order valence-corrected chi connectivity index (χ2v) is 2.53. The third-order valence-electron chi connectivity index (χ3n) is 1.63. The van der Waals surface area contributed by atoms with Crippen LogP contribution < -0.4 is 5.73 Å². The van der Waals surface area contributed by atoms with Gasteiger partial charge in [0, 0.05) is 13.0 Å². The van der Waals surface area contributed by atoms with Crippen LogP contribution in [0.25, 0.3) is 0 Å². The van der Waals surface area contributed by atoms with Gasteiger partial charge in [0.25, 0.3) is 0 Å². The summed E-state index contributed by atoms with van der Waals surface area (Å²) < 4.78 is 0. The van der Waals surface area contributed by atoms with Crippen LogP contribution in [0.3, 0.4) is 0 Å². The van der Waals surface area contributed by atoms with Crippen LogP contribution in [-0.4, -0.2) is 17.5 Å². The summed E-state index contributed by atoms with van der Waals surface area (Å²) >= 11 is 0. The zero-order valence-corrected chi connectivity index (χ0v) is 6.77. The predicted octanol–water partition coefficient (Wildman–Crippen LogP) is 1.02. The van der Waals surface area contributed by atoms with E-state index in [0.29, 0.717) is 18.7 Å². The van der Waals surface area contributed by atoms with Crippen molar-refractivity contribution in [3.8, 4) is 0 Å². The van der Waals surface area contributed by atoms with E-state index in [4.69, 9.17) is 10.9 Å². The molecular weight excluding hydrogens is 152 g/mol. The Labute approximate surface area is 71.5 Å². The number of nitrogens with two attached hydrogens (primary N) is 1. The first-order chi connectivity index (χ1) is 5.86. The Bertz CT molecular complexity index is 256. The van der Waals surface area contributed by atoms with Gasteiger partial charge >= 0.3 is 0 Å². The number of rotatable bonds is 3. The molecular formula is C9H12N2O. The van der Waals surface area contributed by atoms with Gasteiger partial charge in [-0.05, 0) is 5.56 Å². The lowest BCUT2D eigenvalue weighted by Gasteiger charge is -2.00. The van der Waals surface area contributed by atoms with Gasteiger partial charge in [0.05, 0.1) is 5.71 Å². The van der Waals surface area contributed by atoms with E-state index in [-0.39, 0.29) is 0 Å². The van der Waals surface area contributed by atoms with Crippen LogP contribution in [0, 0.1) is 0 Å². The van der Waals surface area contributed by atoms with Crippen LogP contribution in [-0.2, 0) is 6.42 Å². The highest BCUT2D eigenvalue weighted by atomic mass is 16.4. The molecule has 0 aromatic heterocycles. The van der Waals surface area contributed by atoms with Crippen LogP contribution in [0.1, 0.15) is 5.56 Å². The van der Waals surface area contributed by atoms with Crippen molar-refractivity contribution in [2.24, 2.45) is 10.9 Å². The molecule has 0 amide bonds. The Morgan fingerprint density at radius 2 is 2.00 bits per heavy atom. The normalized spacial score (nSPS) is 11.6. The molecule has 0 spiro atoms. The molecule has 0 bridgehead atoms. The van der Waals surface area contributed by atoms with E-state index < -0.39 is 0 Å². The van der Waals surface area contributed by atoms with Crippen molar-refractivity contribution in [2.75, 3.05) is 6.54 Å². The molecule has 0 aliphatic carbocycles. The first kappa shape index (κ1) is 8.74. The van der Waals surface area contributed by atoms with Crippen LogP contribution in [0.15, 0.2) is 35.5 Å². The summed E-state index contributed by atoms with van der Waals surface area (Å²) in [6.45, 7) is 0.297. The molecule has 0 fully saturated rings. The first-order valence-corrected chi connectivity index (χ1v) is 3.80. The van der Waals surface area contributed by atoms with Crippen LogP contribution in [0.2, 0.25) is 0 Å². The molecule has 1 rings (SSSR count). The second-order valence-electron chi connectivity index (χ2n) is 2.53. The minimum absolute atomic E-state index is 0.297. The fraction of sp³-hybridized carbons (Fsp3) is 0.222. The van der Waals surface area contributed by atoms with E-state index in [1.54, 1.807) is 0 Å². The standard InChI is InChI=1S/C9H12N2O/c10-7-9(11-12)6-8-4-2-1-3-5-8/h1-5,12H,6-7,10H2/b11-9+. The largest absolute Gasteiger partial charge is 0.411 e. The molecule has 0 saturated carbocycles. The van der Waals surface area contributed by atoms with Gasteiger partial charge in [0.1, 0.15) is 0 Å². The summed E-state index contributed by atoms with van der Waals surface area (Å²) in [7, 11) is 0. The predicted molar refractivity (Wildman–Crippen MR) is 48.4 cm³/mol. The summed E-state index contributed by atoms with van der Waals surface area (Å²) in [6, 6.07) is 9.78. The SMILES string of the molecule is NC/C(Cc1ccccc1)=N/O. The molecule has 0 unspecified atom stereocenters. The summed E-state index contributed by atoms with van der Waals surface area (Å²) in [5.41, 5.74) is 7.05. The average molecular weight is 164 g/mol. The van der Waals surface area contributed by atoms with Gasteiger partial charge in [-0.3, -0.25) is 0 Å². The van der Waals surface area contributed by atoms with Gasteiger partial charge < -0.3 is 10.9 Å². The average Bonchev–Trinajstić information content (AvgIpc) is 2.16. The van der Waals surface area contributed by atoms with Crippen LogP contribution in [0.5, 0.6) is 0 Å². The fourth-order valence-corrected chi connectivity index (χ4v) is 0.980. The maximum Gasteiger partial charge on any atom is 0.0749 e. The van der Waals surface area contributed by atoms with Gasteiger partial charge in [-0.1, -0.05) is 35.5 Å². The molecule has 0 radical (unpaired) electrons. The van der Waals surface area contributed by atoms with Crippen molar-refractivity contribution in [3.05, 3.63) is 35.9 Å². The Balaban J connectivity index is 2.64. The quantitative estimate of drug-likeness (QED) is 0.398. The lowest BCUT2D eigenvalue weighted by atomic mass is 10.1. The second kappa shape index (κ2) is 4.51. The number of hydrogen-bond donors (Lipinski definition) is 2. The lowest BCUT2D eigenvalue weighted by molar-refractivity contribution is 0.317. The molecule has 3 nitrogen and oxygen atoms in total. The van der Waals surface area contributed by atoms with E-state index >= 15 is 0 Å². The summed E-state index contributed by atoms with van der Waals surface area (Å²) in [6.07, 6.45) is 0.619. The van der Waals surface area contributed by atoms with Crippen molar-refractivity contribution < 1.29 is 5.21 Å². The third kappa shape index (κ3) is 2.36. The van der Waals surface area contributed by atoms with E-state index in [0.717, 1.165) is 5.56 Å². The first-order valence-electron chi connectivity index (χ1n) is 3.80. The molecule has 1 aromatic carbocycles. The summed E-state index contributed by atoms with van der Waals surface area (Å²) in [5.74, 6) is 0. The Morgan fingerprint density at radius 1 is 1.33 bits per heavy atom. The highest BCUT2D eigenvalue weighted by Gasteiger charge is 1.98. The molecule has 0 aliphatic heterocycles. The zero-order valence-electron chi connectivity index (χ0n) is 6.77. The number of hydrogen-bond acceptors (Lipinski definition) is 3. The topological polar surface area (TPSA) is 58.6 Å². The molecule has 0 heterocycles. The van der Waals surface area contributed by atoms with Gasteiger partial charge in [-0.15, -0.1) is 0 Å². The summed E-state index contributed by atoms with van der Waals surface area (Å²) in [4.78, 5) is 0. The summed E-state index contributed by atoms with van der Waals surface area (Å²) in [5, 5.41) is 11.6. The lowest BCUT2D eigenvalue weighted by Crippen LogP contribution is -2.16. The fourth-order valence-electron chi connectivity index (χ4n) is 0.980. The van der Waals surface area contributed by atoms with E-state index in [1.807, 2.05) is 30.3 Å². The minimum atomic E-state index is 0.297. The number of benzene rings is 1. The molecule has 1 aromatic rings. The van der Waals surface area contributed by atoms with Crippen molar-refractivity contribution in [1.29, 1.82) is 0 Å². The molecule has 0 aliphatic rings. The van der Waals surface area contributed by atoms with Gasteiger partial charge in [-0.2, -0.15) is 0 Å². The number of oxime groups is 1. The van der Waals surface area contributed by atoms with Gasteiger partial charge in [0.2, 0.25) is 0 Å². The highest BCUT2D eigenvalue weighted by molar-refractivity contribution is 5.87. The molecule has 3 N–H and O–H groups in total. The van der Waals surface area contributed by atoms with E-state index in [9.17, 15) is 0 Å². The Hall–Kier alpha value is -1.35. The molecule has 64 valence electrons. The van der Waals surface area contributed by atoms with Crippen molar-refractivity contribution >= 4 is 5.71 Å². The third-order valence-corrected chi connectivity index (χ3v) is 1.63. The molecule has 12 heavy (non-hydrogen) atoms. The van der Waals surface area contributed by atoms with Crippen molar-refractivity contribution in [2.45, 2.75) is 6.42 Å². The Kier molecular flexibility index (Phi) is 3.29. The highest BCUT2D eigenvalue weighted by Crippen LogP contribution is 2.00. The van der Waals surface area contributed by atoms with Crippen LogP contribution in [0.4, 0.5) is 0 Å². The van der Waals surface area contributed by atoms with Gasteiger partial charge in [0.15, 0.2) is 0 Å². The Morgan fingerprint density at radius 3 is 2.50 bits per heavy atom. The monoisotopic (exact) mass is 164 g/mol. The molecule has 3 heteroatoms. The minimum Gasteiger partial charge on any atom is -0.411 e. The smallest absolute Gasteiger partial charge is 0.0749 e. The van der Waals surface area contributed by atoms with Crippen LogP contribution >= 0.6 is 0 Å². The number of nitrogens with zero attached hydrogens (tertiary/aromatic N) is 1. The van der Waals surface area contributed by atoms with Crippen molar-refractivity contribution in [3.63, 3.8) is 0 Å². The van der Waals surface area contributed by atoms with E-state index in [2.05, 4.69) is 5.16 Å². The molecule has 0 atom stereocenters.